The Hall–Kier alpha value is -4.58. The molecule has 1 aromatic carbocycles. The normalized spacial score (nSPS) is 11.2. The van der Waals surface area contributed by atoms with Gasteiger partial charge in [0.15, 0.2) is 0 Å². The van der Waals surface area contributed by atoms with Crippen LogP contribution in [-0.2, 0) is 25.7 Å². The minimum absolute atomic E-state index is 0.846. The zero-order valence-corrected chi connectivity index (χ0v) is 32.2. The van der Waals surface area contributed by atoms with Crippen molar-refractivity contribution in [1.29, 1.82) is 0 Å². The molecule has 0 saturated carbocycles. The van der Waals surface area contributed by atoms with Crippen molar-refractivity contribution in [3.8, 4) is 0 Å². The van der Waals surface area contributed by atoms with Crippen LogP contribution in [0, 0.1) is 0 Å². The van der Waals surface area contributed by atoms with Crippen LogP contribution in [0.1, 0.15) is 127 Å². The van der Waals surface area contributed by atoms with Gasteiger partial charge in [0.1, 0.15) is 23.3 Å². The Bertz CT molecular complexity index is 1480. The van der Waals surface area contributed by atoms with Crippen LogP contribution in [0.15, 0.2) is 97.6 Å². The number of hydrogen-bond donors (Lipinski definition) is 0. The number of aromatic nitrogens is 4. The fourth-order valence-corrected chi connectivity index (χ4v) is 6.64. The molecule has 4 aromatic heterocycles. The van der Waals surface area contributed by atoms with E-state index in [2.05, 4.69) is 110 Å². The fourth-order valence-electron chi connectivity index (χ4n) is 6.64. The highest BCUT2D eigenvalue weighted by Gasteiger charge is 2.20. The second-order valence-corrected chi connectivity index (χ2v) is 14.1. The maximum atomic E-state index is 5.01. The van der Waals surface area contributed by atoms with Crippen molar-refractivity contribution < 1.29 is 0 Å². The molecule has 6 nitrogen and oxygen atoms in total. The van der Waals surface area contributed by atoms with Gasteiger partial charge in [-0.15, -0.1) is 0 Å². The van der Waals surface area contributed by atoms with Crippen LogP contribution in [0.25, 0.3) is 0 Å². The van der Waals surface area contributed by atoms with Gasteiger partial charge in [0.05, 0.1) is 11.4 Å². The number of anilines is 6. The van der Waals surface area contributed by atoms with Crippen molar-refractivity contribution in [2.24, 2.45) is 0 Å². The summed E-state index contributed by atoms with van der Waals surface area (Å²) in [4.78, 5) is 24.4. The molecule has 0 fully saturated rings. The van der Waals surface area contributed by atoms with Gasteiger partial charge in [-0.2, -0.15) is 0 Å². The monoisotopic (exact) mass is 696 g/mol. The summed E-state index contributed by atoms with van der Waals surface area (Å²) in [5.41, 5.74) is 7.03. The molecule has 0 aliphatic carbocycles. The highest BCUT2D eigenvalue weighted by Crippen LogP contribution is 2.38. The van der Waals surface area contributed by atoms with Crippen molar-refractivity contribution in [3.05, 3.63) is 120 Å². The van der Waals surface area contributed by atoms with Gasteiger partial charge < -0.3 is 0 Å². The average Bonchev–Trinajstić information content (AvgIpc) is 3.18. The summed E-state index contributed by atoms with van der Waals surface area (Å²) in [6.45, 7) is 8.98. The van der Waals surface area contributed by atoms with Crippen molar-refractivity contribution in [1.82, 2.24) is 19.9 Å². The first kappa shape index (κ1) is 38.6. The lowest BCUT2D eigenvalue weighted by atomic mass is 10.1. The van der Waals surface area contributed by atoms with Crippen LogP contribution in [0.3, 0.4) is 0 Å². The minimum atomic E-state index is 0.846. The maximum absolute atomic E-state index is 5.01. The van der Waals surface area contributed by atoms with Crippen molar-refractivity contribution in [3.63, 3.8) is 0 Å². The van der Waals surface area contributed by atoms with Gasteiger partial charge in [0.25, 0.3) is 0 Å². The Morgan fingerprint density at radius 3 is 0.885 bits per heavy atom. The van der Waals surface area contributed by atoms with E-state index in [1.54, 1.807) is 0 Å². The van der Waals surface area contributed by atoms with E-state index in [0.717, 1.165) is 60.3 Å². The molecule has 0 aliphatic rings. The lowest BCUT2D eigenvalue weighted by molar-refractivity contribution is 0.715. The standard InChI is InChI=1S/C46H60N6/c1-5-9-13-18-37-24-28-43(47-33-37)51(44-29-25-38(34-48-44)19-14-10-6-2)41-22-17-23-42(32-41)52(45-30-26-39(35-49-45)20-15-11-7-3)46-31-27-40(36-50-46)21-16-12-8-4/h17,22-36H,5-16,18-21H2,1-4H3. The highest BCUT2D eigenvalue weighted by molar-refractivity contribution is 5.79. The highest BCUT2D eigenvalue weighted by atomic mass is 15.3. The molecule has 0 bridgehead atoms. The molecule has 6 heteroatoms. The minimum Gasteiger partial charge on any atom is -0.279 e. The molecule has 0 atom stereocenters. The second kappa shape index (κ2) is 21.1. The summed E-state index contributed by atoms with van der Waals surface area (Å²) >= 11 is 0. The third kappa shape index (κ3) is 11.2. The molecule has 52 heavy (non-hydrogen) atoms. The summed E-state index contributed by atoms with van der Waals surface area (Å²) in [6.07, 6.45) is 26.8. The molecule has 0 aliphatic heterocycles. The largest absolute Gasteiger partial charge is 0.279 e. The van der Waals surface area contributed by atoms with Gasteiger partial charge in [-0.3, -0.25) is 9.80 Å². The Morgan fingerprint density at radius 2 is 0.654 bits per heavy atom. The Labute approximate surface area is 313 Å². The summed E-state index contributed by atoms with van der Waals surface area (Å²) in [6, 6.07) is 26.0. The predicted molar refractivity (Wildman–Crippen MR) is 220 cm³/mol. The number of aryl methyl sites for hydroxylation is 4. The van der Waals surface area contributed by atoms with Crippen LogP contribution < -0.4 is 9.80 Å². The molecule has 0 spiro atoms. The molecular weight excluding hydrogens is 637 g/mol. The van der Waals surface area contributed by atoms with E-state index in [1.165, 1.54) is 99.3 Å². The number of unbranched alkanes of at least 4 members (excludes halogenated alkanes) is 8. The van der Waals surface area contributed by atoms with Gasteiger partial charge in [-0.25, -0.2) is 19.9 Å². The zero-order valence-electron chi connectivity index (χ0n) is 32.2. The molecule has 0 radical (unpaired) electrons. The van der Waals surface area contributed by atoms with E-state index < -0.39 is 0 Å². The molecule has 0 amide bonds. The zero-order chi connectivity index (χ0) is 36.4. The lowest BCUT2D eigenvalue weighted by Gasteiger charge is -2.27. The van der Waals surface area contributed by atoms with Crippen LogP contribution >= 0.6 is 0 Å². The van der Waals surface area contributed by atoms with Gasteiger partial charge in [0.2, 0.25) is 0 Å². The molecule has 274 valence electrons. The third-order valence-corrected chi connectivity index (χ3v) is 9.78. The van der Waals surface area contributed by atoms with Gasteiger partial charge in [0, 0.05) is 24.8 Å². The molecule has 4 heterocycles. The predicted octanol–water partition coefficient (Wildman–Crippen LogP) is 13.1. The van der Waals surface area contributed by atoms with E-state index in [1.807, 2.05) is 24.8 Å². The molecule has 0 saturated heterocycles. The SMILES string of the molecule is CCCCCc1ccc(N(c2cccc(N(c3ccc(CCCCC)cn3)c3ccc(CCCCC)cn3)c2)c2ccc(CCCCC)cn2)nc1. The first-order valence-electron chi connectivity index (χ1n) is 20.1. The average molecular weight is 697 g/mol. The van der Waals surface area contributed by atoms with E-state index in [0.29, 0.717) is 0 Å². The van der Waals surface area contributed by atoms with E-state index >= 15 is 0 Å². The van der Waals surface area contributed by atoms with E-state index in [-0.39, 0.29) is 0 Å². The molecule has 0 unspecified atom stereocenters. The van der Waals surface area contributed by atoms with Crippen LogP contribution in [-0.4, -0.2) is 19.9 Å². The number of nitrogens with zero attached hydrogens (tertiary/aromatic N) is 6. The van der Waals surface area contributed by atoms with Crippen molar-refractivity contribution in [2.45, 2.75) is 130 Å². The number of benzene rings is 1. The molecule has 5 rings (SSSR count). The van der Waals surface area contributed by atoms with Crippen LogP contribution in [0.4, 0.5) is 34.6 Å². The quantitative estimate of drug-likeness (QED) is 0.0671. The van der Waals surface area contributed by atoms with Crippen LogP contribution in [0.5, 0.6) is 0 Å². The number of rotatable bonds is 22. The summed E-state index contributed by atoms with van der Waals surface area (Å²) in [5, 5.41) is 0. The Morgan fingerprint density at radius 1 is 0.365 bits per heavy atom. The van der Waals surface area contributed by atoms with Crippen molar-refractivity contribution in [2.75, 3.05) is 9.80 Å². The van der Waals surface area contributed by atoms with Gasteiger partial charge >= 0.3 is 0 Å². The lowest BCUT2D eigenvalue weighted by Crippen LogP contribution is -2.16. The molecule has 0 N–H and O–H groups in total. The Balaban J connectivity index is 1.53. The Kier molecular flexibility index (Phi) is 15.7. The first-order valence-corrected chi connectivity index (χ1v) is 20.1. The van der Waals surface area contributed by atoms with E-state index in [9.17, 15) is 0 Å². The van der Waals surface area contributed by atoms with Crippen LogP contribution in [0.2, 0.25) is 0 Å². The van der Waals surface area contributed by atoms with E-state index in [4.69, 9.17) is 19.9 Å². The van der Waals surface area contributed by atoms with Gasteiger partial charge in [-0.1, -0.05) is 109 Å². The molecular formula is C46H60N6. The maximum Gasteiger partial charge on any atom is 0.138 e. The van der Waals surface area contributed by atoms with Gasteiger partial charge in [-0.05, 0) is 116 Å². The summed E-state index contributed by atoms with van der Waals surface area (Å²) in [7, 11) is 0. The number of pyridine rings is 4. The first-order chi connectivity index (χ1) is 25.6. The third-order valence-electron chi connectivity index (χ3n) is 9.78. The summed E-state index contributed by atoms with van der Waals surface area (Å²) in [5.74, 6) is 3.38. The molecule has 5 aromatic rings. The fraction of sp³-hybridized carbons (Fsp3) is 0.435. The second-order valence-electron chi connectivity index (χ2n) is 14.1. The van der Waals surface area contributed by atoms with Crippen molar-refractivity contribution >= 4 is 34.6 Å². The number of hydrogen-bond acceptors (Lipinski definition) is 6. The smallest absolute Gasteiger partial charge is 0.138 e. The summed E-state index contributed by atoms with van der Waals surface area (Å²) < 4.78 is 0. The topological polar surface area (TPSA) is 58.0 Å².